The molecule has 22 heavy (non-hydrogen) atoms. The van der Waals surface area contributed by atoms with Crippen LogP contribution >= 0.6 is 0 Å². The lowest BCUT2D eigenvalue weighted by Gasteiger charge is -2.39. The molecule has 0 radical (unpaired) electrons. The van der Waals surface area contributed by atoms with E-state index in [-0.39, 0.29) is 12.0 Å². The highest BCUT2D eigenvalue weighted by Gasteiger charge is 2.29. The van der Waals surface area contributed by atoms with Crippen LogP contribution in [-0.4, -0.2) is 47.7 Å². The highest BCUT2D eigenvalue weighted by molar-refractivity contribution is 5.73. The van der Waals surface area contributed by atoms with Crippen molar-refractivity contribution in [3.63, 3.8) is 0 Å². The third-order valence-corrected chi connectivity index (χ3v) is 5.48. The number of nitrogens with zero attached hydrogens (tertiary/aromatic N) is 1. The molecule has 128 valence electrons. The molecule has 0 bridgehead atoms. The molecule has 0 spiro atoms. The average Bonchev–Trinajstić information content (AvgIpc) is 2.53. The van der Waals surface area contributed by atoms with E-state index in [1.54, 1.807) is 6.92 Å². The molecule has 3 unspecified atom stereocenters. The van der Waals surface area contributed by atoms with Crippen molar-refractivity contribution in [2.45, 2.75) is 77.4 Å². The Labute approximate surface area is 135 Å². The van der Waals surface area contributed by atoms with Crippen LogP contribution in [0.2, 0.25) is 0 Å². The molecule has 0 aromatic carbocycles. The summed E-state index contributed by atoms with van der Waals surface area (Å²) in [7, 11) is 0. The van der Waals surface area contributed by atoms with Crippen LogP contribution in [0.5, 0.6) is 0 Å². The number of carbonyl (C=O) groups excluding carboxylic acids is 1. The number of hydrogen-bond donors (Lipinski definition) is 2. The highest BCUT2D eigenvalue weighted by atomic mass is 16.3. The molecule has 4 nitrogen and oxygen atoms in total. The van der Waals surface area contributed by atoms with E-state index in [1.807, 2.05) is 11.8 Å². The molecule has 2 rings (SSSR count). The molecule has 3 atom stereocenters. The van der Waals surface area contributed by atoms with E-state index in [9.17, 15) is 9.90 Å². The minimum absolute atomic E-state index is 0.167. The summed E-state index contributed by atoms with van der Waals surface area (Å²) in [5.74, 6) is 1.41. The molecule has 1 amide bonds. The molecule has 2 aliphatic rings. The monoisotopic (exact) mass is 310 g/mol. The Kier molecular flexibility index (Phi) is 7.16. The van der Waals surface area contributed by atoms with Gasteiger partial charge in [-0.2, -0.15) is 0 Å². The Morgan fingerprint density at radius 2 is 1.95 bits per heavy atom. The largest absolute Gasteiger partial charge is 0.393 e. The van der Waals surface area contributed by atoms with Gasteiger partial charge >= 0.3 is 0 Å². The predicted octanol–water partition coefficient (Wildman–Crippen LogP) is 2.55. The number of rotatable bonds is 6. The summed E-state index contributed by atoms with van der Waals surface area (Å²) in [5.41, 5.74) is 0. The van der Waals surface area contributed by atoms with E-state index >= 15 is 0 Å². The van der Waals surface area contributed by atoms with Gasteiger partial charge in [-0.25, -0.2) is 0 Å². The van der Waals surface area contributed by atoms with Crippen LogP contribution in [0.3, 0.4) is 0 Å². The molecule has 1 aliphatic heterocycles. The first kappa shape index (κ1) is 17.7. The zero-order valence-electron chi connectivity index (χ0n) is 14.4. The molecule has 2 fully saturated rings. The van der Waals surface area contributed by atoms with Crippen molar-refractivity contribution < 1.29 is 9.90 Å². The summed E-state index contributed by atoms with van der Waals surface area (Å²) in [6.45, 7) is 6.43. The number of hydrogen-bond acceptors (Lipinski definition) is 3. The van der Waals surface area contributed by atoms with Crippen molar-refractivity contribution in [2.75, 3.05) is 19.6 Å². The molecule has 2 N–H and O–H groups in total. The van der Waals surface area contributed by atoms with Gasteiger partial charge in [0.05, 0.1) is 6.10 Å². The second-order valence-corrected chi connectivity index (χ2v) is 7.43. The van der Waals surface area contributed by atoms with E-state index in [1.165, 1.54) is 32.1 Å². The number of likely N-dealkylation sites (tertiary alicyclic amines) is 1. The van der Waals surface area contributed by atoms with Crippen LogP contribution in [0, 0.1) is 11.8 Å². The normalized spacial score (nSPS) is 28.6. The summed E-state index contributed by atoms with van der Waals surface area (Å²) in [6, 6.07) is 0.397. The Bertz CT molecular complexity index is 342. The molecular formula is C18H34N2O2. The van der Waals surface area contributed by atoms with Crippen molar-refractivity contribution in [2.24, 2.45) is 11.8 Å². The quantitative estimate of drug-likeness (QED) is 0.793. The Hall–Kier alpha value is -0.610. The average molecular weight is 310 g/mol. The second kappa shape index (κ2) is 8.88. The summed E-state index contributed by atoms with van der Waals surface area (Å²) < 4.78 is 0. The standard InChI is InChI=1S/C18H34N2O2/c1-3-18(22)10-16-9-17(13-20(12-16)14(2)21)19-11-15-7-5-4-6-8-15/h15-19,22H,3-13H2,1-2H3. The number of aliphatic hydroxyl groups excluding tert-OH is 1. The van der Waals surface area contributed by atoms with Crippen molar-refractivity contribution in [3.8, 4) is 0 Å². The number of aliphatic hydroxyl groups is 1. The van der Waals surface area contributed by atoms with Gasteiger partial charge in [0.2, 0.25) is 5.91 Å². The fourth-order valence-corrected chi connectivity index (χ4v) is 4.06. The Morgan fingerprint density at radius 1 is 1.23 bits per heavy atom. The second-order valence-electron chi connectivity index (χ2n) is 7.43. The Morgan fingerprint density at radius 3 is 2.59 bits per heavy atom. The minimum Gasteiger partial charge on any atom is -0.393 e. The zero-order chi connectivity index (χ0) is 15.9. The Balaban J connectivity index is 1.83. The lowest BCUT2D eigenvalue weighted by molar-refractivity contribution is -0.131. The zero-order valence-corrected chi connectivity index (χ0v) is 14.4. The summed E-state index contributed by atoms with van der Waals surface area (Å²) in [5, 5.41) is 13.7. The van der Waals surface area contributed by atoms with Crippen molar-refractivity contribution >= 4 is 5.91 Å². The van der Waals surface area contributed by atoms with Crippen LogP contribution in [-0.2, 0) is 4.79 Å². The first-order chi connectivity index (χ1) is 10.6. The van der Waals surface area contributed by atoms with Gasteiger partial charge in [-0.05, 0) is 50.5 Å². The van der Waals surface area contributed by atoms with Gasteiger partial charge in [0.15, 0.2) is 0 Å². The molecular weight excluding hydrogens is 276 g/mol. The molecule has 1 saturated carbocycles. The van der Waals surface area contributed by atoms with Crippen LogP contribution in [0.15, 0.2) is 0 Å². The van der Waals surface area contributed by atoms with Crippen LogP contribution in [0.4, 0.5) is 0 Å². The van der Waals surface area contributed by atoms with E-state index in [4.69, 9.17) is 0 Å². The molecule has 0 aromatic heterocycles. The minimum atomic E-state index is -0.226. The van der Waals surface area contributed by atoms with Gasteiger partial charge in [0.1, 0.15) is 0 Å². The van der Waals surface area contributed by atoms with E-state index in [0.29, 0.717) is 12.0 Å². The first-order valence-electron chi connectivity index (χ1n) is 9.25. The number of piperidine rings is 1. The summed E-state index contributed by atoms with van der Waals surface area (Å²) in [4.78, 5) is 13.8. The molecule has 4 heteroatoms. The van der Waals surface area contributed by atoms with Gasteiger partial charge in [0, 0.05) is 26.1 Å². The number of carbonyl (C=O) groups is 1. The van der Waals surface area contributed by atoms with E-state index in [2.05, 4.69) is 5.32 Å². The molecule has 1 aliphatic carbocycles. The number of amides is 1. The van der Waals surface area contributed by atoms with Gasteiger partial charge in [0.25, 0.3) is 0 Å². The maximum atomic E-state index is 11.8. The molecule has 1 saturated heterocycles. The van der Waals surface area contributed by atoms with E-state index in [0.717, 1.165) is 44.8 Å². The lowest BCUT2D eigenvalue weighted by atomic mass is 9.87. The van der Waals surface area contributed by atoms with Gasteiger partial charge in [-0.1, -0.05) is 26.2 Å². The van der Waals surface area contributed by atoms with Gasteiger partial charge in [-0.15, -0.1) is 0 Å². The van der Waals surface area contributed by atoms with Gasteiger partial charge in [-0.3, -0.25) is 4.79 Å². The smallest absolute Gasteiger partial charge is 0.219 e. The number of nitrogens with one attached hydrogen (secondary N) is 1. The third kappa shape index (κ3) is 5.54. The molecule has 0 aromatic rings. The van der Waals surface area contributed by atoms with Crippen LogP contribution < -0.4 is 5.32 Å². The fourth-order valence-electron chi connectivity index (χ4n) is 4.06. The van der Waals surface area contributed by atoms with Crippen molar-refractivity contribution in [3.05, 3.63) is 0 Å². The fraction of sp³-hybridized carbons (Fsp3) is 0.944. The van der Waals surface area contributed by atoms with E-state index < -0.39 is 0 Å². The summed E-state index contributed by atoms with van der Waals surface area (Å²) in [6.07, 6.45) is 9.35. The predicted molar refractivity (Wildman–Crippen MR) is 89.6 cm³/mol. The highest BCUT2D eigenvalue weighted by Crippen LogP contribution is 2.25. The third-order valence-electron chi connectivity index (χ3n) is 5.48. The lowest BCUT2D eigenvalue weighted by Crippen LogP contribution is -2.52. The SMILES string of the molecule is CCC(O)CC1CC(NCC2CCCCC2)CN(C(C)=O)C1. The topological polar surface area (TPSA) is 52.6 Å². The van der Waals surface area contributed by atoms with Crippen molar-refractivity contribution in [1.82, 2.24) is 10.2 Å². The summed E-state index contributed by atoms with van der Waals surface area (Å²) >= 11 is 0. The maximum Gasteiger partial charge on any atom is 0.219 e. The van der Waals surface area contributed by atoms with Crippen molar-refractivity contribution in [1.29, 1.82) is 0 Å². The van der Waals surface area contributed by atoms with Crippen LogP contribution in [0.1, 0.15) is 65.2 Å². The van der Waals surface area contributed by atoms with Gasteiger partial charge < -0.3 is 15.3 Å². The first-order valence-corrected chi connectivity index (χ1v) is 9.25. The molecule has 1 heterocycles. The van der Waals surface area contributed by atoms with Crippen LogP contribution in [0.25, 0.3) is 0 Å². The maximum absolute atomic E-state index is 11.8.